The van der Waals surface area contributed by atoms with E-state index in [9.17, 15) is 5.11 Å². The summed E-state index contributed by atoms with van der Waals surface area (Å²) in [6.07, 6.45) is -0.813. The van der Waals surface area contributed by atoms with E-state index < -0.39 is 6.10 Å². The zero-order valence-electron chi connectivity index (χ0n) is 9.05. The molecule has 2 aromatic carbocycles. The molecule has 1 atom stereocenters. The first-order chi connectivity index (χ1) is 7.74. The Balaban J connectivity index is 2.47. The maximum Gasteiger partial charge on any atom is 0.119 e. The lowest BCUT2D eigenvalue weighted by Crippen LogP contribution is -2.01. The molecule has 2 N–H and O–H groups in total. The van der Waals surface area contributed by atoms with Gasteiger partial charge in [-0.25, -0.2) is 0 Å². The molecule has 3 nitrogen and oxygen atoms in total. The average Bonchev–Trinajstić information content (AvgIpc) is 2.36. The van der Waals surface area contributed by atoms with E-state index in [2.05, 4.69) is 0 Å². The lowest BCUT2D eigenvalue weighted by atomic mass is 10.0. The van der Waals surface area contributed by atoms with Crippen LogP contribution in [0.15, 0.2) is 36.4 Å². The number of fused-ring (bicyclic) bond motifs is 1. The Bertz CT molecular complexity index is 494. The molecule has 0 heterocycles. The van der Waals surface area contributed by atoms with Crippen LogP contribution in [-0.4, -0.2) is 23.9 Å². The monoisotopic (exact) mass is 218 g/mol. The summed E-state index contributed by atoms with van der Waals surface area (Å²) in [5.41, 5.74) is 0.722. The molecule has 0 aliphatic rings. The second-order valence-corrected chi connectivity index (χ2v) is 3.67. The number of aliphatic hydroxyl groups is 2. The van der Waals surface area contributed by atoms with Crippen LogP contribution in [0.25, 0.3) is 10.8 Å². The second-order valence-electron chi connectivity index (χ2n) is 3.67. The summed E-state index contributed by atoms with van der Waals surface area (Å²) in [5, 5.41) is 20.5. The van der Waals surface area contributed by atoms with Gasteiger partial charge in [-0.15, -0.1) is 0 Å². The highest BCUT2D eigenvalue weighted by Crippen LogP contribution is 2.24. The smallest absolute Gasteiger partial charge is 0.119 e. The van der Waals surface area contributed by atoms with E-state index >= 15 is 0 Å². The minimum absolute atomic E-state index is 0.262. The molecule has 0 radical (unpaired) electrons. The van der Waals surface area contributed by atoms with Crippen LogP contribution in [0.2, 0.25) is 0 Å². The van der Waals surface area contributed by atoms with Gasteiger partial charge in [0, 0.05) is 0 Å². The number of rotatable bonds is 3. The first-order valence-electron chi connectivity index (χ1n) is 5.11. The van der Waals surface area contributed by atoms with Crippen LogP contribution in [-0.2, 0) is 0 Å². The van der Waals surface area contributed by atoms with Gasteiger partial charge in [0.15, 0.2) is 0 Å². The number of ether oxygens (including phenoxy) is 1. The fraction of sp³-hybridized carbons (Fsp3) is 0.231. The van der Waals surface area contributed by atoms with Crippen molar-refractivity contribution in [1.29, 1.82) is 0 Å². The molecule has 0 amide bonds. The molecule has 0 aliphatic carbocycles. The normalized spacial score (nSPS) is 12.7. The number of hydrogen-bond acceptors (Lipinski definition) is 3. The molecule has 0 fully saturated rings. The molecule has 3 heteroatoms. The number of hydrogen-bond donors (Lipinski definition) is 2. The molecule has 2 aromatic rings. The van der Waals surface area contributed by atoms with Crippen LogP contribution >= 0.6 is 0 Å². The Morgan fingerprint density at radius 3 is 2.50 bits per heavy atom. The van der Waals surface area contributed by atoms with Crippen molar-refractivity contribution in [2.45, 2.75) is 6.10 Å². The zero-order valence-corrected chi connectivity index (χ0v) is 9.05. The van der Waals surface area contributed by atoms with E-state index in [0.29, 0.717) is 0 Å². The van der Waals surface area contributed by atoms with Crippen LogP contribution in [0.4, 0.5) is 0 Å². The van der Waals surface area contributed by atoms with Crippen molar-refractivity contribution in [1.82, 2.24) is 0 Å². The molecule has 0 aliphatic heterocycles. The van der Waals surface area contributed by atoms with Crippen molar-refractivity contribution >= 4 is 10.8 Å². The van der Waals surface area contributed by atoms with Crippen LogP contribution in [0.5, 0.6) is 5.75 Å². The number of methoxy groups -OCH3 is 1. The van der Waals surface area contributed by atoms with Crippen LogP contribution in [0.3, 0.4) is 0 Å². The first-order valence-corrected chi connectivity index (χ1v) is 5.11. The van der Waals surface area contributed by atoms with Gasteiger partial charge in [-0.2, -0.15) is 0 Å². The van der Waals surface area contributed by atoms with Gasteiger partial charge < -0.3 is 14.9 Å². The predicted octanol–water partition coefficient (Wildman–Crippen LogP) is 1.87. The minimum atomic E-state index is -0.813. The van der Waals surface area contributed by atoms with Crippen molar-refractivity contribution < 1.29 is 14.9 Å². The maximum absolute atomic E-state index is 9.51. The van der Waals surface area contributed by atoms with Crippen molar-refractivity contribution in [2.24, 2.45) is 0 Å². The Labute approximate surface area is 93.9 Å². The Hall–Kier alpha value is -1.58. The Kier molecular flexibility index (Phi) is 3.08. The SMILES string of the molecule is COc1ccc2cc([C@@H](O)CO)ccc2c1. The minimum Gasteiger partial charge on any atom is -0.497 e. The Morgan fingerprint density at radius 2 is 1.81 bits per heavy atom. The fourth-order valence-electron chi connectivity index (χ4n) is 1.68. The molecule has 0 spiro atoms. The van der Waals surface area contributed by atoms with Gasteiger partial charge in [0.2, 0.25) is 0 Å². The van der Waals surface area contributed by atoms with Gasteiger partial charge in [0.1, 0.15) is 11.9 Å². The second kappa shape index (κ2) is 4.51. The van der Waals surface area contributed by atoms with E-state index in [4.69, 9.17) is 9.84 Å². The fourth-order valence-corrected chi connectivity index (χ4v) is 1.68. The summed E-state index contributed by atoms with van der Waals surface area (Å²) in [7, 11) is 1.63. The lowest BCUT2D eigenvalue weighted by Gasteiger charge is -2.09. The van der Waals surface area contributed by atoms with E-state index in [1.165, 1.54) is 0 Å². The maximum atomic E-state index is 9.51. The quantitative estimate of drug-likeness (QED) is 0.827. The Morgan fingerprint density at radius 1 is 1.12 bits per heavy atom. The summed E-state index contributed by atoms with van der Waals surface area (Å²) in [6, 6.07) is 11.3. The summed E-state index contributed by atoms with van der Waals surface area (Å²) in [4.78, 5) is 0. The lowest BCUT2D eigenvalue weighted by molar-refractivity contribution is 0.0957. The first kappa shape index (κ1) is 10.9. The molecule has 0 bridgehead atoms. The van der Waals surface area contributed by atoms with E-state index in [1.54, 1.807) is 7.11 Å². The molecule has 0 saturated carbocycles. The van der Waals surface area contributed by atoms with Crippen molar-refractivity contribution in [3.8, 4) is 5.75 Å². The highest BCUT2D eigenvalue weighted by molar-refractivity contribution is 5.84. The van der Waals surface area contributed by atoms with Gasteiger partial charge >= 0.3 is 0 Å². The van der Waals surface area contributed by atoms with Crippen LogP contribution < -0.4 is 4.74 Å². The third-order valence-corrected chi connectivity index (χ3v) is 2.63. The van der Waals surface area contributed by atoms with Crippen LogP contribution in [0, 0.1) is 0 Å². The summed E-state index contributed by atoms with van der Waals surface area (Å²) >= 11 is 0. The average molecular weight is 218 g/mol. The van der Waals surface area contributed by atoms with Gasteiger partial charge in [0.25, 0.3) is 0 Å². The molecule has 0 unspecified atom stereocenters. The van der Waals surface area contributed by atoms with Gasteiger partial charge in [-0.1, -0.05) is 18.2 Å². The molecule has 84 valence electrons. The number of benzene rings is 2. The predicted molar refractivity (Wildman–Crippen MR) is 62.5 cm³/mol. The summed E-state index contributed by atoms with van der Waals surface area (Å²) in [6.45, 7) is -0.262. The molecular weight excluding hydrogens is 204 g/mol. The van der Waals surface area contributed by atoms with Crippen LogP contribution in [0.1, 0.15) is 11.7 Å². The molecule has 0 aromatic heterocycles. The third-order valence-electron chi connectivity index (χ3n) is 2.63. The van der Waals surface area contributed by atoms with E-state index in [-0.39, 0.29) is 6.61 Å². The highest BCUT2D eigenvalue weighted by atomic mass is 16.5. The third kappa shape index (κ3) is 2.01. The van der Waals surface area contributed by atoms with Crippen molar-refractivity contribution in [3.05, 3.63) is 42.0 Å². The molecular formula is C13H14O3. The van der Waals surface area contributed by atoms with Gasteiger partial charge in [-0.3, -0.25) is 0 Å². The molecule has 0 saturated heterocycles. The largest absolute Gasteiger partial charge is 0.497 e. The summed E-state index contributed by atoms with van der Waals surface area (Å²) < 4.78 is 5.13. The topological polar surface area (TPSA) is 49.7 Å². The van der Waals surface area contributed by atoms with E-state index in [1.807, 2.05) is 36.4 Å². The molecule has 2 rings (SSSR count). The van der Waals surface area contributed by atoms with Crippen molar-refractivity contribution in [3.63, 3.8) is 0 Å². The zero-order chi connectivity index (χ0) is 11.5. The van der Waals surface area contributed by atoms with Gasteiger partial charge in [0.05, 0.1) is 13.7 Å². The summed E-state index contributed by atoms with van der Waals surface area (Å²) in [5.74, 6) is 0.808. The highest BCUT2D eigenvalue weighted by Gasteiger charge is 2.06. The molecule has 16 heavy (non-hydrogen) atoms. The van der Waals surface area contributed by atoms with Crippen molar-refractivity contribution in [2.75, 3.05) is 13.7 Å². The van der Waals surface area contributed by atoms with Gasteiger partial charge in [-0.05, 0) is 34.5 Å². The standard InChI is InChI=1S/C13H14O3/c1-16-12-5-4-9-6-11(13(15)8-14)3-2-10(9)7-12/h2-7,13-15H,8H2,1H3/t13-/m0/s1. The number of aliphatic hydroxyl groups excluding tert-OH is 2. The van der Waals surface area contributed by atoms with E-state index in [0.717, 1.165) is 22.1 Å².